The first kappa shape index (κ1) is 21.3. The second-order valence-corrected chi connectivity index (χ2v) is 8.78. The van der Waals surface area contributed by atoms with Gasteiger partial charge in [0.25, 0.3) is 5.91 Å². The Hall–Kier alpha value is -3.58. The van der Waals surface area contributed by atoms with Crippen molar-refractivity contribution in [3.05, 3.63) is 71.8 Å². The number of amides is 1. The average molecular weight is 441 g/mol. The van der Waals surface area contributed by atoms with Crippen molar-refractivity contribution >= 4 is 22.6 Å². The second kappa shape index (κ2) is 9.50. The highest BCUT2D eigenvalue weighted by Crippen LogP contribution is 2.26. The van der Waals surface area contributed by atoms with E-state index in [1.54, 1.807) is 6.20 Å². The van der Waals surface area contributed by atoms with E-state index < -0.39 is 0 Å². The van der Waals surface area contributed by atoms with Gasteiger partial charge in [-0.15, -0.1) is 0 Å². The van der Waals surface area contributed by atoms with Gasteiger partial charge in [-0.3, -0.25) is 19.8 Å². The topological polar surface area (TPSA) is 86.8 Å². The van der Waals surface area contributed by atoms with Crippen LogP contribution in [0.3, 0.4) is 0 Å². The molecule has 1 amide bonds. The average Bonchev–Trinajstić information content (AvgIpc) is 3.08. The molecule has 1 aromatic carbocycles. The number of carbonyl (C=O) groups excluding carboxylic acids is 1. The Labute approximate surface area is 193 Å². The Morgan fingerprint density at radius 1 is 1.03 bits per heavy atom. The fourth-order valence-corrected chi connectivity index (χ4v) is 4.43. The number of carbonyl (C=O) groups is 1. The summed E-state index contributed by atoms with van der Waals surface area (Å²) in [7, 11) is 0. The van der Waals surface area contributed by atoms with Crippen LogP contribution in [0.25, 0.3) is 22.0 Å². The SMILES string of the molecule is Cc1ccnc(NC(=O)c2n[nH]c3ccc(-c4cncc(CN5CCCCCC5)c4)cc23)c1. The minimum Gasteiger partial charge on any atom is -0.305 e. The fourth-order valence-electron chi connectivity index (χ4n) is 4.43. The lowest BCUT2D eigenvalue weighted by Crippen LogP contribution is -2.24. The Balaban J connectivity index is 1.40. The van der Waals surface area contributed by atoms with Crippen LogP contribution in [0.4, 0.5) is 5.82 Å². The third-order valence-electron chi connectivity index (χ3n) is 6.17. The lowest BCUT2D eigenvalue weighted by Gasteiger charge is -2.19. The van der Waals surface area contributed by atoms with Gasteiger partial charge in [0, 0.05) is 36.1 Å². The Kier molecular flexibility index (Phi) is 6.13. The number of anilines is 1. The van der Waals surface area contributed by atoms with Crippen molar-refractivity contribution in [2.75, 3.05) is 18.4 Å². The number of nitrogens with zero attached hydrogens (tertiary/aromatic N) is 4. The smallest absolute Gasteiger partial charge is 0.277 e. The lowest BCUT2D eigenvalue weighted by molar-refractivity contribution is 0.102. The molecule has 0 saturated carbocycles. The van der Waals surface area contributed by atoms with Gasteiger partial charge in [-0.1, -0.05) is 18.9 Å². The van der Waals surface area contributed by atoms with Gasteiger partial charge in [-0.2, -0.15) is 5.10 Å². The summed E-state index contributed by atoms with van der Waals surface area (Å²) in [4.78, 5) is 24.1. The number of H-pyrrole nitrogens is 1. The highest BCUT2D eigenvalue weighted by atomic mass is 16.2. The molecule has 4 aromatic rings. The summed E-state index contributed by atoms with van der Waals surface area (Å²) in [6, 6.07) is 11.9. The van der Waals surface area contributed by atoms with E-state index in [4.69, 9.17) is 0 Å². The number of hydrogen-bond acceptors (Lipinski definition) is 5. The van der Waals surface area contributed by atoms with Crippen molar-refractivity contribution in [3.8, 4) is 11.1 Å². The van der Waals surface area contributed by atoms with E-state index in [0.717, 1.165) is 47.2 Å². The number of aromatic amines is 1. The summed E-state index contributed by atoms with van der Waals surface area (Å²) in [5.41, 5.74) is 5.46. The molecule has 0 aliphatic carbocycles. The monoisotopic (exact) mass is 440 g/mol. The van der Waals surface area contributed by atoms with Gasteiger partial charge in [0.1, 0.15) is 5.82 Å². The van der Waals surface area contributed by atoms with Crippen molar-refractivity contribution in [3.63, 3.8) is 0 Å². The fraction of sp³-hybridized carbons (Fsp3) is 0.308. The van der Waals surface area contributed by atoms with E-state index in [9.17, 15) is 4.79 Å². The zero-order valence-electron chi connectivity index (χ0n) is 18.8. The van der Waals surface area contributed by atoms with Gasteiger partial charge < -0.3 is 5.32 Å². The summed E-state index contributed by atoms with van der Waals surface area (Å²) in [5, 5.41) is 10.8. The molecule has 0 spiro atoms. The summed E-state index contributed by atoms with van der Waals surface area (Å²) < 4.78 is 0. The Morgan fingerprint density at radius 3 is 2.70 bits per heavy atom. The molecule has 0 atom stereocenters. The van der Waals surface area contributed by atoms with Crippen LogP contribution >= 0.6 is 0 Å². The number of rotatable bonds is 5. The molecule has 33 heavy (non-hydrogen) atoms. The first-order valence-electron chi connectivity index (χ1n) is 11.5. The molecule has 1 fully saturated rings. The van der Waals surface area contributed by atoms with Crippen LogP contribution in [0.5, 0.6) is 0 Å². The molecule has 1 saturated heterocycles. The highest BCUT2D eigenvalue weighted by molar-refractivity contribution is 6.11. The molecule has 0 unspecified atom stereocenters. The van der Waals surface area contributed by atoms with E-state index >= 15 is 0 Å². The molecule has 0 bridgehead atoms. The van der Waals surface area contributed by atoms with Crippen LogP contribution in [-0.2, 0) is 6.54 Å². The molecule has 7 heteroatoms. The van der Waals surface area contributed by atoms with Gasteiger partial charge in [-0.25, -0.2) is 4.98 Å². The number of benzene rings is 1. The summed E-state index contributed by atoms with van der Waals surface area (Å²) >= 11 is 0. The summed E-state index contributed by atoms with van der Waals surface area (Å²) in [5.74, 6) is 0.224. The van der Waals surface area contributed by atoms with Crippen molar-refractivity contribution in [2.24, 2.45) is 0 Å². The highest BCUT2D eigenvalue weighted by Gasteiger charge is 2.16. The maximum absolute atomic E-state index is 12.9. The number of pyridine rings is 2. The van der Waals surface area contributed by atoms with E-state index in [-0.39, 0.29) is 5.91 Å². The van der Waals surface area contributed by atoms with Crippen molar-refractivity contribution in [1.82, 2.24) is 25.1 Å². The summed E-state index contributed by atoms with van der Waals surface area (Å²) in [6.07, 6.45) is 10.7. The molecule has 4 heterocycles. The quantitative estimate of drug-likeness (QED) is 0.458. The Morgan fingerprint density at radius 2 is 1.88 bits per heavy atom. The Bertz CT molecular complexity index is 1270. The molecule has 0 radical (unpaired) electrons. The zero-order chi connectivity index (χ0) is 22.6. The normalized spacial score (nSPS) is 14.8. The van der Waals surface area contributed by atoms with Gasteiger partial charge in [-0.05, 0) is 79.9 Å². The molecule has 1 aliphatic heterocycles. The second-order valence-electron chi connectivity index (χ2n) is 8.78. The van der Waals surface area contributed by atoms with Crippen LogP contribution < -0.4 is 5.32 Å². The predicted octanol–water partition coefficient (Wildman–Crippen LogP) is 4.96. The minimum absolute atomic E-state index is 0.287. The minimum atomic E-state index is -0.287. The first-order valence-corrected chi connectivity index (χ1v) is 11.5. The molecule has 1 aliphatic rings. The van der Waals surface area contributed by atoms with E-state index in [1.165, 1.54) is 31.2 Å². The molecule has 168 valence electrons. The predicted molar refractivity (Wildman–Crippen MR) is 130 cm³/mol. The van der Waals surface area contributed by atoms with Gasteiger partial charge >= 0.3 is 0 Å². The number of fused-ring (bicyclic) bond motifs is 1. The van der Waals surface area contributed by atoms with E-state index in [2.05, 4.69) is 36.4 Å². The number of hydrogen-bond donors (Lipinski definition) is 2. The van der Waals surface area contributed by atoms with E-state index in [0.29, 0.717) is 11.5 Å². The molecule has 2 N–H and O–H groups in total. The van der Waals surface area contributed by atoms with Crippen molar-refractivity contribution in [2.45, 2.75) is 39.2 Å². The lowest BCUT2D eigenvalue weighted by atomic mass is 10.0. The van der Waals surface area contributed by atoms with E-state index in [1.807, 2.05) is 49.6 Å². The number of aryl methyl sites for hydroxylation is 1. The molecular formula is C26H28N6O. The molecule has 3 aromatic heterocycles. The zero-order valence-corrected chi connectivity index (χ0v) is 18.8. The molecule has 7 nitrogen and oxygen atoms in total. The third-order valence-corrected chi connectivity index (χ3v) is 6.17. The van der Waals surface area contributed by atoms with Gasteiger partial charge in [0.2, 0.25) is 0 Å². The van der Waals surface area contributed by atoms with Crippen molar-refractivity contribution in [1.29, 1.82) is 0 Å². The number of nitrogens with one attached hydrogen (secondary N) is 2. The molecular weight excluding hydrogens is 412 g/mol. The van der Waals surface area contributed by atoms with Crippen molar-refractivity contribution < 1.29 is 4.79 Å². The first-order chi connectivity index (χ1) is 16.2. The third kappa shape index (κ3) is 4.93. The van der Waals surface area contributed by atoms with Gasteiger partial charge in [0.05, 0.1) is 5.52 Å². The number of likely N-dealkylation sites (tertiary alicyclic amines) is 1. The van der Waals surface area contributed by atoms with Crippen LogP contribution in [0.2, 0.25) is 0 Å². The van der Waals surface area contributed by atoms with Crippen LogP contribution in [-0.4, -0.2) is 44.1 Å². The largest absolute Gasteiger partial charge is 0.305 e. The van der Waals surface area contributed by atoms with Crippen LogP contribution in [0.15, 0.2) is 55.0 Å². The van der Waals surface area contributed by atoms with Crippen LogP contribution in [0.1, 0.15) is 47.3 Å². The summed E-state index contributed by atoms with van der Waals surface area (Å²) in [6.45, 7) is 5.19. The van der Waals surface area contributed by atoms with Gasteiger partial charge in [0.15, 0.2) is 5.69 Å². The maximum atomic E-state index is 12.9. The van der Waals surface area contributed by atoms with Crippen LogP contribution in [0, 0.1) is 6.92 Å². The standard InChI is InChI=1S/C26H28N6O/c1-18-8-9-28-24(12-18)29-26(33)25-22-14-20(6-7-23(22)30-31-25)21-13-19(15-27-16-21)17-32-10-4-2-3-5-11-32/h6-9,12-16H,2-5,10-11,17H2,1H3,(H,30,31)(H,28,29,33). The maximum Gasteiger partial charge on any atom is 0.277 e. The number of aromatic nitrogens is 4. The molecule has 5 rings (SSSR count).